The molecule has 0 heterocycles. The highest BCUT2D eigenvalue weighted by molar-refractivity contribution is 5.42. The van der Waals surface area contributed by atoms with Gasteiger partial charge in [-0.15, -0.1) is 0 Å². The van der Waals surface area contributed by atoms with Gasteiger partial charge in [-0.1, -0.05) is 6.07 Å². The van der Waals surface area contributed by atoms with Crippen molar-refractivity contribution in [3.63, 3.8) is 0 Å². The number of alkyl halides is 2. The molecule has 1 aromatic rings. The van der Waals surface area contributed by atoms with E-state index in [1.807, 2.05) is 14.1 Å². The molecule has 0 aliphatic heterocycles. The summed E-state index contributed by atoms with van der Waals surface area (Å²) in [6.07, 6.45) is 1.05. The predicted octanol–water partition coefficient (Wildman–Crippen LogP) is 2.34. The number of rotatable bonds is 9. The zero-order valence-corrected chi connectivity index (χ0v) is 12.2. The van der Waals surface area contributed by atoms with Crippen LogP contribution in [-0.2, 0) is 6.54 Å². The van der Waals surface area contributed by atoms with Crippen LogP contribution in [0.1, 0.15) is 12.0 Å². The Labute approximate surface area is 118 Å². The Hall–Kier alpha value is -1.40. The molecule has 0 bridgehead atoms. The van der Waals surface area contributed by atoms with E-state index in [0.29, 0.717) is 5.75 Å². The van der Waals surface area contributed by atoms with Crippen molar-refractivity contribution < 1.29 is 18.3 Å². The van der Waals surface area contributed by atoms with Gasteiger partial charge in [0.05, 0.1) is 7.11 Å². The van der Waals surface area contributed by atoms with Crippen LogP contribution in [-0.4, -0.2) is 45.8 Å². The van der Waals surface area contributed by atoms with Crippen molar-refractivity contribution in [1.82, 2.24) is 10.2 Å². The summed E-state index contributed by atoms with van der Waals surface area (Å²) in [5.74, 6) is 0.385. The van der Waals surface area contributed by atoms with Crippen molar-refractivity contribution >= 4 is 0 Å². The van der Waals surface area contributed by atoms with Crippen molar-refractivity contribution in [3.8, 4) is 11.5 Å². The lowest BCUT2D eigenvalue weighted by atomic mass is 10.2. The van der Waals surface area contributed by atoms with Crippen molar-refractivity contribution in [2.24, 2.45) is 0 Å². The topological polar surface area (TPSA) is 33.7 Å². The van der Waals surface area contributed by atoms with Gasteiger partial charge in [-0.25, -0.2) is 0 Å². The van der Waals surface area contributed by atoms with Gasteiger partial charge in [-0.3, -0.25) is 0 Å². The van der Waals surface area contributed by atoms with Gasteiger partial charge < -0.3 is 19.7 Å². The van der Waals surface area contributed by atoms with Crippen molar-refractivity contribution in [1.29, 1.82) is 0 Å². The number of hydrogen-bond donors (Lipinski definition) is 1. The van der Waals surface area contributed by atoms with Crippen molar-refractivity contribution in [3.05, 3.63) is 23.8 Å². The third kappa shape index (κ3) is 5.71. The Morgan fingerprint density at radius 1 is 1.30 bits per heavy atom. The number of hydrogen-bond acceptors (Lipinski definition) is 4. The molecule has 0 saturated carbocycles. The summed E-state index contributed by atoms with van der Waals surface area (Å²) in [6.45, 7) is -0.193. The van der Waals surface area contributed by atoms with Crippen LogP contribution in [0.2, 0.25) is 0 Å². The molecule has 20 heavy (non-hydrogen) atoms. The van der Waals surface area contributed by atoms with E-state index in [-0.39, 0.29) is 5.75 Å². The average molecular weight is 288 g/mol. The molecule has 0 unspecified atom stereocenters. The fourth-order valence-corrected chi connectivity index (χ4v) is 1.92. The molecule has 114 valence electrons. The second kappa shape index (κ2) is 8.71. The number of nitrogens with one attached hydrogen (secondary N) is 1. The van der Waals surface area contributed by atoms with E-state index in [0.717, 1.165) is 31.6 Å². The number of ether oxygens (including phenoxy) is 2. The lowest BCUT2D eigenvalue weighted by molar-refractivity contribution is -0.0512. The quantitative estimate of drug-likeness (QED) is 0.707. The number of halogens is 2. The Morgan fingerprint density at radius 2 is 2.05 bits per heavy atom. The summed E-state index contributed by atoms with van der Waals surface area (Å²) >= 11 is 0. The van der Waals surface area contributed by atoms with E-state index in [4.69, 9.17) is 4.74 Å². The van der Waals surface area contributed by atoms with Crippen LogP contribution in [0.15, 0.2) is 18.2 Å². The number of methoxy groups -OCH3 is 1. The third-order valence-corrected chi connectivity index (χ3v) is 2.86. The highest BCUT2D eigenvalue weighted by atomic mass is 19.3. The molecule has 0 fully saturated rings. The SMILES string of the molecule is CNCCCN(C)Cc1ccc(OC(F)F)c(OC)c1. The first-order valence-corrected chi connectivity index (χ1v) is 6.51. The minimum atomic E-state index is -2.85. The molecule has 0 aliphatic carbocycles. The van der Waals surface area contributed by atoms with Crippen LogP contribution in [0.3, 0.4) is 0 Å². The summed E-state index contributed by atoms with van der Waals surface area (Å²) in [7, 11) is 5.38. The Morgan fingerprint density at radius 3 is 2.65 bits per heavy atom. The van der Waals surface area contributed by atoms with Gasteiger partial charge >= 0.3 is 6.61 Å². The highest BCUT2D eigenvalue weighted by Crippen LogP contribution is 2.29. The van der Waals surface area contributed by atoms with Gasteiger partial charge in [0.1, 0.15) is 0 Å². The molecule has 0 amide bonds. The second-order valence-electron chi connectivity index (χ2n) is 4.56. The molecule has 1 N–H and O–H groups in total. The van der Waals surface area contributed by atoms with Crippen LogP contribution in [0.4, 0.5) is 8.78 Å². The molecular weight excluding hydrogens is 266 g/mol. The first-order chi connectivity index (χ1) is 9.56. The second-order valence-corrected chi connectivity index (χ2v) is 4.56. The maximum absolute atomic E-state index is 12.2. The average Bonchev–Trinajstić information content (AvgIpc) is 2.40. The minimum Gasteiger partial charge on any atom is -0.493 e. The van der Waals surface area contributed by atoms with Crippen molar-refractivity contribution in [2.45, 2.75) is 19.6 Å². The maximum Gasteiger partial charge on any atom is 0.387 e. The lowest BCUT2D eigenvalue weighted by Crippen LogP contribution is -2.22. The van der Waals surface area contributed by atoms with Crippen LogP contribution in [0, 0.1) is 0 Å². The molecular formula is C14H22F2N2O2. The van der Waals surface area contributed by atoms with Crippen molar-refractivity contribution in [2.75, 3.05) is 34.3 Å². The van der Waals surface area contributed by atoms with Gasteiger partial charge in [-0.05, 0) is 51.3 Å². The Kier molecular flexibility index (Phi) is 7.25. The monoisotopic (exact) mass is 288 g/mol. The third-order valence-electron chi connectivity index (χ3n) is 2.86. The van der Waals surface area contributed by atoms with E-state index >= 15 is 0 Å². The van der Waals surface area contributed by atoms with Gasteiger partial charge in [-0.2, -0.15) is 8.78 Å². The molecule has 1 aromatic carbocycles. The lowest BCUT2D eigenvalue weighted by Gasteiger charge is -2.18. The Bertz CT molecular complexity index is 403. The largest absolute Gasteiger partial charge is 0.493 e. The van der Waals surface area contributed by atoms with E-state index in [2.05, 4.69) is 15.0 Å². The van der Waals surface area contributed by atoms with Crippen LogP contribution in [0.25, 0.3) is 0 Å². The first kappa shape index (κ1) is 16.7. The maximum atomic E-state index is 12.2. The van der Waals surface area contributed by atoms with E-state index in [9.17, 15) is 8.78 Å². The summed E-state index contributed by atoms with van der Waals surface area (Å²) in [5.41, 5.74) is 0.996. The molecule has 0 aromatic heterocycles. The number of benzene rings is 1. The molecule has 0 saturated heterocycles. The van der Waals surface area contributed by atoms with Gasteiger partial charge in [0.15, 0.2) is 11.5 Å². The predicted molar refractivity (Wildman–Crippen MR) is 74.5 cm³/mol. The zero-order valence-electron chi connectivity index (χ0n) is 12.2. The van der Waals surface area contributed by atoms with E-state index in [1.165, 1.54) is 13.2 Å². The van der Waals surface area contributed by atoms with Crippen LogP contribution < -0.4 is 14.8 Å². The summed E-state index contributed by atoms with van der Waals surface area (Å²) in [4.78, 5) is 2.17. The fourth-order valence-electron chi connectivity index (χ4n) is 1.92. The van der Waals surface area contributed by atoms with Crippen LogP contribution in [0.5, 0.6) is 11.5 Å². The molecule has 6 heteroatoms. The molecule has 0 atom stereocenters. The zero-order chi connectivity index (χ0) is 15.0. The smallest absolute Gasteiger partial charge is 0.387 e. The summed E-state index contributed by atoms with van der Waals surface area (Å²) in [6, 6.07) is 5.02. The number of nitrogens with zero attached hydrogens (tertiary/aromatic N) is 1. The minimum absolute atomic E-state index is 0.0593. The van der Waals surface area contributed by atoms with Gasteiger partial charge in [0, 0.05) is 6.54 Å². The molecule has 4 nitrogen and oxygen atoms in total. The fraction of sp³-hybridized carbons (Fsp3) is 0.571. The summed E-state index contributed by atoms with van der Waals surface area (Å²) in [5, 5.41) is 3.10. The van der Waals surface area contributed by atoms with E-state index < -0.39 is 6.61 Å². The van der Waals surface area contributed by atoms with Gasteiger partial charge in [0.25, 0.3) is 0 Å². The van der Waals surface area contributed by atoms with Crippen LogP contribution >= 0.6 is 0 Å². The highest BCUT2D eigenvalue weighted by Gasteiger charge is 2.11. The van der Waals surface area contributed by atoms with Gasteiger partial charge in [0.2, 0.25) is 0 Å². The standard InChI is InChI=1S/C14H22F2N2O2/c1-17-7-4-8-18(2)10-11-5-6-12(20-14(15)16)13(9-11)19-3/h5-6,9,14,17H,4,7-8,10H2,1-3H3. The Balaban J connectivity index is 2.62. The molecule has 1 rings (SSSR count). The molecule has 0 radical (unpaired) electrons. The normalized spacial score (nSPS) is 11.2. The van der Waals surface area contributed by atoms with E-state index in [1.54, 1.807) is 12.1 Å². The molecule has 0 aliphatic rings. The first-order valence-electron chi connectivity index (χ1n) is 6.51. The summed E-state index contributed by atoms with van der Waals surface area (Å²) < 4.78 is 33.9. The molecule has 0 spiro atoms.